The summed E-state index contributed by atoms with van der Waals surface area (Å²) in [5.74, 6) is 0. The molecule has 1 radical (unpaired) electrons. The highest BCUT2D eigenvalue weighted by atomic mass is 14.1. The van der Waals surface area contributed by atoms with Gasteiger partial charge in [-0.2, -0.15) is 0 Å². The molecule has 0 bridgehead atoms. The molecular weight excluding hydrogens is 144 g/mol. The van der Waals surface area contributed by atoms with Crippen LogP contribution >= 0.6 is 0 Å². The largest absolute Gasteiger partial charge is 0.0805 e. The van der Waals surface area contributed by atoms with E-state index in [1.54, 1.807) is 5.57 Å². The first kappa shape index (κ1) is 11.5. The van der Waals surface area contributed by atoms with E-state index in [9.17, 15) is 0 Å². The molecule has 69 valence electrons. The van der Waals surface area contributed by atoms with Gasteiger partial charge in [-0.15, -0.1) is 0 Å². The molecule has 0 unspecified atom stereocenters. The van der Waals surface area contributed by atoms with Gasteiger partial charge < -0.3 is 0 Å². The van der Waals surface area contributed by atoms with Crippen molar-refractivity contribution in [2.45, 2.75) is 47.0 Å². The van der Waals surface area contributed by atoms with Crippen molar-refractivity contribution in [3.05, 3.63) is 29.7 Å². The molecular formula is C12H21. The van der Waals surface area contributed by atoms with Crippen LogP contribution in [0.4, 0.5) is 0 Å². The van der Waals surface area contributed by atoms with Crippen LogP contribution in [-0.4, -0.2) is 0 Å². The monoisotopic (exact) mass is 165 g/mol. The Labute approximate surface area is 77.4 Å². The standard InChI is InChI=1S/C10H15.C2H6/c1-3-9-7-5-6-8-10(9)4-2;1-2/h5,7-8H,3-4,6H2,1-2H3;1-2H3. The Morgan fingerprint density at radius 1 is 1.08 bits per heavy atom. The number of allylic oxidation sites excluding steroid dienone is 4. The van der Waals surface area contributed by atoms with Crippen LogP contribution < -0.4 is 0 Å². The molecule has 0 aliphatic heterocycles. The van der Waals surface area contributed by atoms with Crippen molar-refractivity contribution in [3.63, 3.8) is 0 Å². The van der Waals surface area contributed by atoms with E-state index in [0.29, 0.717) is 0 Å². The van der Waals surface area contributed by atoms with E-state index < -0.39 is 0 Å². The maximum absolute atomic E-state index is 2.33. The molecule has 0 nitrogen and oxygen atoms in total. The molecule has 0 spiro atoms. The molecule has 1 aliphatic carbocycles. The van der Waals surface area contributed by atoms with Crippen LogP contribution in [0, 0.1) is 6.42 Å². The summed E-state index contributed by atoms with van der Waals surface area (Å²) in [6.45, 7) is 8.44. The van der Waals surface area contributed by atoms with Crippen molar-refractivity contribution >= 4 is 0 Å². The molecule has 0 aromatic rings. The Balaban J connectivity index is 0.000000561. The van der Waals surface area contributed by atoms with Crippen LogP contribution in [0.15, 0.2) is 23.3 Å². The third kappa shape index (κ3) is 3.25. The Bertz CT molecular complexity index is 141. The topological polar surface area (TPSA) is 0 Å². The van der Waals surface area contributed by atoms with Crippen molar-refractivity contribution in [2.24, 2.45) is 0 Å². The average molecular weight is 165 g/mol. The van der Waals surface area contributed by atoms with Crippen LogP contribution in [-0.2, 0) is 0 Å². The molecule has 0 aromatic carbocycles. The van der Waals surface area contributed by atoms with Gasteiger partial charge >= 0.3 is 0 Å². The zero-order chi connectivity index (χ0) is 9.40. The molecule has 12 heavy (non-hydrogen) atoms. The Hall–Kier alpha value is -0.520. The smallest absolute Gasteiger partial charge is 0.0127 e. The summed E-state index contributed by atoms with van der Waals surface area (Å²) in [7, 11) is 0. The maximum Gasteiger partial charge on any atom is -0.0127 e. The number of hydrogen-bond donors (Lipinski definition) is 0. The van der Waals surface area contributed by atoms with Gasteiger partial charge in [0, 0.05) is 0 Å². The van der Waals surface area contributed by atoms with Crippen LogP contribution in [0.25, 0.3) is 0 Å². The van der Waals surface area contributed by atoms with Crippen LogP contribution in [0.5, 0.6) is 0 Å². The van der Waals surface area contributed by atoms with Gasteiger partial charge in [0.05, 0.1) is 0 Å². The number of hydrogen-bond acceptors (Lipinski definition) is 0. The first-order valence-corrected chi connectivity index (χ1v) is 5.10. The fourth-order valence-electron chi connectivity index (χ4n) is 1.38. The van der Waals surface area contributed by atoms with Gasteiger partial charge in [-0.1, -0.05) is 39.8 Å². The third-order valence-electron chi connectivity index (χ3n) is 1.99. The highest BCUT2D eigenvalue weighted by Gasteiger charge is 2.03. The average Bonchev–Trinajstić information content (AvgIpc) is 2.20. The van der Waals surface area contributed by atoms with Gasteiger partial charge in [0.1, 0.15) is 0 Å². The first-order chi connectivity index (χ1) is 5.88. The molecule has 1 rings (SSSR count). The quantitative estimate of drug-likeness (QED) is 0.572. The lowest BCUT2D eigenvalue weighted by molar-refractivity contribution is 0.982. The Kier molecular flexibility index (Phi) is 6.84. The Morgan fingerprint density at radius 3 is 2.08 bits per heavy atom. The summed E-state index contributed by atoms with van der Waals surface area (Å²) in [5.41, 5.74) is 3.07. The normalized spacial score (nSPS) is 15.7. The summed E-state index contributed by atoms with van der Waals surface area (Å²) in [5, 5.41) is 0. The van der Waals surface area contributed by atoms with E-state index in [1.165, 1.54) is 18.4 Å². The first-order valence-electron chi connectivity index (χ1n) is 5.10. The lowest BCUT2D eigenvalue weighted by Crippen LogP contribution is -1.92. The third-order valence-corrected chi connectivity index (χ3v) is 1.99. The minimum absolute atomic E-state index is 1.13. The molecule has 1 aliphatic rings. The van der Waals surface area contributed by atoms with Gasteiger partial charge in [-0.3, -0.25) is 0 Å². The minimum atomic E-state index is 1.13. The highest BCUT2D eigenvalue weighted by Crippen LogP contribution is 2.22. The fraction of sp³-hybridized carbons (Fsp3) is 0.583. The second kappa shape index (κ2) is 7.15. The zero-order valence-corrected chi connectivity index (χ0v) is 8.85. The summed E-state index contributed by atoms with van der Waals surface area (Å²) in [4.78, 5) is 0. The van der Waals surface area contributed by atoms with Crippen molar-refractivity contribution in [2.75, 3.05) is 0 Å². The van der Waals surface area contributed by atoms with Crippen molar-refractivity contribution < 1.29 is 0 Å². The van der Waals surface area contributed by atoms with Gasteiger partial charge in [-0.25, -0.2) is 0 Å². The molecule has 0 atom stereocenters. The molecule has 0 heterocycles. The van der Waals surface area contributed by atoms with Crippen molar-refractivity contribution in [1.82, 2.24) is 0 Å². The molecule has 0 N–H and O–H groups in total. The van der Waals surface area contributed by atoms with E-state index >= 15 is 0 Å². The number of rotatable bonds is 2. The molecule has 0 heteroatoms. The van der Waals surface area contributed by atoms with E-state index in [-0.39, 0.29) is 0 Å². The van der Waals surface area contributed by atoms with Crippen LogP contribution in [0.2, 0.25) is 0 Å². The lowest BCUT2D eigenvalue weighted by atomic mass is 9.94. The molecule has 0 fully saturated rings. The van der Waals surface area contributed by atoms with E-state index in [4.69, 9.17) is 0 Å². The van der Waals surface area contributed by atoms with Gasteiger partial charge in [0.25, 0.3) is 0 Å². The Morgan fingerprint density at radius 2 is 1.67 bits per heavy atom. The molecule has 0 amide bonds. The van der Waals surface area contributed by atoms with Gasteiger partial charge in [-0.05, 0) is 36.8 Å². The summed E-state index contributed by atoms with van der Waals surface area (Å²) in [6.07, 6.45) is 10.3. The van der Waals surface area contributed by atoms with E-state index in [2.05, 4.69) is 32.4 Å². The van der Waals surface area contributed by atoms with Crippen molar-refractivity contribution in [1.29, 1.82) is 0 Å². The van der Waals surface area contributed by atoms with Crippen LogP contribution in [0.3, 0.4) is 0 Å². The van der Waals surface area contributed by atoms with Crippen molar-refractivity contribution in [3.8, 4) is 0 Å². The second-order valence-electron chi connectivity index (χ2n) is 2.60. The van der Waals surface area contributed by atoms with E-state index in [0.717, 1.165) is 6.42 Å². The molecule has 0 saturated carbocycles. The predicted octanol–water partition coefficient (Wildman–Crippen LogP) is 4.29. The predicted molar refractivity (Wildman–Crippen MR) is 57.0 cm³/mol. The molecule has 0 aromatic heterocycles. The lowest BCUT2D eigenvalue weighted by Gasteiger charge is -2.12. The highest BCUT2D eigenvalue weighted by molar-refractivity contribution is 5.36. The van der Waals surface area contributed by atoms with Gasteiger partial charge in [0.15, 0.2) is 0 Å². The summed E-state index contributed by atoms with van der Waals surface area (Å²) in [6, 6.07) is 0. The minimum Gasteiger partial charge on any atom is -0.0805 e. The SMILES string of the molecule is CC.CCC1=C[CH]CC=C1CC. The summed E-state index contributed by atoms with van der Waals surface area (Å²) >= 11 is 0. The van der Waals surface area contributed by atoms with Gasteiger partial charge in [0.2, 0.25) is 0 Å². The fourth-order valence-corrected chi connectivity index (χ4v) is 1.38. The summed E-state index contributed by atoms with van der Waals surface area (Å²) < 4.78 is 0. The van der Waals surface area contributed by atoms with Crippen LogP contribution in [0.1, 0.15) is 47.0 Å². The maximum atomic E-state index is 2.33. The zero-order valence-electron chi connectivity index (χ0n) is 8.85. The van der Waals surface area contributed by atoms with E-state index in [1.807, 2.05) is 13.8 Å². The molecule has 0 saturated heterocycles. The second-order valence-corrected chi connectivity index (χ2v) is 2.60.